The van der Waals surface area contributed by atoms with E-state index in [9.17, 15) is 9.59 Å². The van der Waals surface area contributed by atoms with Crippen molar-refractivity contribution in [2.24, 2.45) is 13.0 Å². The molecule has 1 N–H and O–H groups in total. The number of hydrogen-bond acceptors (Lipinski definition) is 5. The molecule has 150 valence electrons. The standard InChI is InChI=1S/C21H19N7O2/c1-26-19-17(20(29)28(21(26)30)11-13-5-6-13)24-18(25-19)16-9-23-27(12-16)10-15-4-2-3-14(7-15)8-22/h2-4,7,9,12-13H,5-6,10-11H2,1H3,(H,24,25). The summed E-state index contributed by atoms with van der Waals surface area (Å²) in [6, 6.07) is 9.48. The summed E-state index contributed by atoms with van der Waals surface area (Å²) in [5.41, 5.74) is 2.25. The van der Waals surface area contributed by atoms with E-state index in [1.807, 2.05) is 24.4 Å². The molecule has 0 atom stereocenters. The van der Waals surface area contributed by atoms with E-state index in [1.54, 1.807) is 24.0 Å². The van der Waals surface area contributed by atoms with E-state index in [2.05, 4.69) is 21.1 Å². The molecule has 3 heterocycles. The van der Waals surface area contributed by atoms with Gasteiger partial charge in [-0.2, -0.15) is 10.4 Å². The van der Waals surface area contributed by atoms with Gasteiger partial charge in [-0.15, -0.1) is 0 Å². The van der Waals surface area contributed by atoms with Crippen LogP contribution < -0.4 is 11.2 Å². The second kappa shape index (κ2) is 6.84. The highest BCUT2D eigenvalue weighted by atomic mass is 16.2. The van der Waals surface area contributed by atoms with Crippen molar-refractivity contribution in [3.05, 3.63) is 68.6 Å². The lowest BCUT2D eigenvalue weighted by Crippen LogP contribution is -2.39. The number of nitrogens with zero attached hydrogens (tertiary/aromatic N) is 6. The van der Waals surface area contributed by atoms with E-state index in [1.165, 1.54) is 9.13 Å². The number of fused-ring (bicyclic) bond motifs is 1. The average molecular weight is 401 g/mol. The van der Waals surface area contributed by atoms with Gasteiger partial charge in [0.05, 0.1) is 29.9 Å². The van der Waals surface area contributed by atoms with Crippen LogP contribution in [0.1, 0.15) is 24.0 Å². The van der Waals surface area contributed by atoms with Gasteiger partial charge < -0.3 is 4.98 Å². The Morgan fingerprint density at radius 1 is 1.30 bits per heavy atom. The van der Waals surface area contributed by atoms with Crippen molar-refractivity contribution in [1.29, 1.82) is 5.26 Å². The molecular formula is C21H19N7O2. The van der Waals surface area contributed by atoms with Crippen LogP contribution in [0.5, 0.6) is 0 Å². The molecule has 3 aromatic heterocycles. The Hall–Kier alpha value is -3.93. The minimum atomic E-state index is -0.342. The number of H-pyrrole nitrogens is 1. The molecule has 0 saturated heterocycles. The summed E-state index contributed by atoms with van der Waals surface area (Å²) in [6.07, 6.45) is 5.58. The van der Waals surface area contributed by atoms with Gasteiger partial charge >= 0.3 is 5.69 Å². The maximum atomic E-state index is 12.8. The molecule has 9 nitrogen and oxygen atoms in total. The van der Waals surface area contributed by atoms with Gasteiger partial charge in [0.25, 0.3) is 5.56 Å². The van der Waals surface area contributed by atoms with Gasteiger partial charge in [0.2, 0.25) is 0 Å². The quantitative estimate of drug-likeness (QED) is 0.546. The van der Waals surface area contributed by atoms with E-state index in [-0.39, 0.29) is 11.2 Å². The van der Waals surface area contributed by atoms with Crippen LogP contribution in [0, 0.1) is 17.2 Å². The average Bonchev–Trinajstić information content (AvgIpc) is 3.26. The topological polar surface area (TPSA) is 114 Å². The summed E-state index contributed by atoms with van der Waals surface area (Å²) in [5, 5.41) is 13.4. The number of imidazole rings is 1. The van der Waals surface area contributed by atoms with Crippen LogP contribution in [0.2, 0.25) is 0 Å². The first-order valence-electron chi connectivity index (χ1n) is 9.75. The fourth-order valence-electron chi connectivity index (χ4n) is 3.60. The normalized spacial score (nSPS) is 13.6. The molecule has 1 fully saturated rings. The van der Waals surface area contributed by atoms with Gasteiger partial charge in [-0.1, -0.05) is 12.1 Å². The predicted octanol–water partition coefficient (Wildman–Crippen LogP) is 1.62. The van der Waals surface area contributed by atoms with Crippen LogP contribution in [0.15, 0.2) is 46.2 Å². The van der Waals surface area contributed by atoms with Crippen LogP contribution in [0.4, 0.5) is 0 Å². The van der Waals surface area contributed by atoms with E-state index >= 15 is 0 Å². The number of benzene rings is 1. The van der Waals surface area contributed by atoms with Crippen LogP contribution in [-0.4, -0.2) is 28.9 Å². The van der Waals surface area contributed by atoms with Crippen molar-refractivity contribution in [1.82, 2.24) is 28.9 Å². The number of nitriles is 1. The van der Waals surface area contributed by atoms with Crippen molar-refractivity contribution in [2.75, 3.05) is 0 Å². The summed E-state index contributed by atoms with van der Waals surface area (Å²) in [7, 11) is 1.63. The summed E-state index contributed by atoms with van der Waals surface area (Å²) in [4.78, 5) is 33.0. The molecule has 0 radical (unpaired) electrons. The van der Waals surface area contributed by atoms with E-state index < -0.39 is 0 Å². The van der Waals surface area contributed by atoms with Gasteiger partial charge in [-0.05, 0) is 36.5 Å². The summed E-state index contributed by atoms with van der Waals surface area (Å²) in [6.45, 7) is 0.956. The van der Waals surface area contributed by atoms with E-state index in [4.69, 9.17) is 5.26 Å². The number of nitrogens with one attached hydrogen (secondary N) is 1. The van der Waals surface area contributed by atoms with Crippen molar-refractivity contribution in [2.45, 2.75) is 25.9 Å². The SMILES string of the molecule is Cn1c(=O)n(CC2CC2)c(=O)c2[nH]c(-c3cnn(Cc4cccc(C#N)c4)c3)nc21. The van der Waals surface area contributed by atoms with Crippen molar-refractivity contribution in [3.63, 3.8) is 0 Å². The minimum absolute atomic E-state index is 0.322. The number of rotatable bonds is 5. The van der Waals surface area contributed by atoms with Crippen molar-refractivity contribution in [3.8, 4) is 17.5 Å². The number of aryl methyl sites for hydroxylation is 1. The lowest BCUT2D eigenvalue weighted by atomic mass is 10.1. The van der Waals surface area contributed by atoms with Crippen LogP contribution in [-0.2, 0) is 20.1 Å². The molecule has 0 aliphatic heterocycles. The molecule has 9 heteroatoms. The number of aromatic amines is 1. The number of aromatic nitrogens is 6. The third kappa shape index (κ3) is 3.12. The molecule has 30 heavy (non-hydrogen) atoms. The molecule has 1 saturated carbocycles. The molecular weight excluding hydrogens is 382 g/mol. The highest BCUT2D eigenvalue weighted by Gasteiger charge is 2.25. The summed E-state index contributed by atoms with van der Waals surface area (Å²) < 4.78 is 4.45. The molecule has 0 bridgehead atoms. The Morgan fingerprint density at radius 3 is 2.90 bits per heavy atom. The Balaban J connectivity index is 1.50. The smallest absolute Gasteiger partial charge is 0.332 e. The zero-order valence-corrected chi connectivity index (χ0v) is 16.4. The van der Waals surface area contributed by atoms with E-state index in [0.29, 0.717) is 47.1 Å². The van der Waals surface area contributed by atoms with Crippen LogP contribution in [0.3, 0.4) is 0 Å². The highest BCUT2D eigenvalue weighted by Crippen LogP contribution is 2.29. The molecule has 1 aliphatic rings. The maximum absolute atomic E-state index is 12.8. The number of hydrogen-bond donors (Lipinski definition) is 1. The molecule has 1 aromatic carbocycles. The molecule has 5 rings (SSSR count). The van der Waals surface area contributed by atoms with Crippen LogP contribution in [0.25, 0.3) is 22.6 Å². The zero-order valence-electron chi connectivity index (χ0n) is 16.4. The Bertz CT molecular complexity index is 1430. The zero-order chi connectivity index (χ0) is 20.8. The third-order valence-corrected chi connectivity index (χ3v) is 5.42. The lowest BCUT2D eigenvalue weighted by molar-refractivity contribution is 0.558. The molecule has 1 aliphatic carbocycles. The second-order valence-electron chi connectivity index (χ2n) is 7.72. The first-order chi connectivity index (χ1) is 14.5. The fraction of sp³-hybridized carbons (Fsp3) is 0.286. The van der Waals surface area contributed by atoms with Crippen LogP contribution >= 0.6 is 0 Å². The Labute approximate surface area is 170 Å². The van der Waals surface area contributed by atoms with E-state index in [0.717, 1.165) is 18.4 Å². The van der Waals surface area contributed by atoms with Gasteiger partial charge in [-0.3, -0.25) is 18.6 Å². The molecule has 0 spiro atoms. The van der Waals surface area contributed by atoms with Crippen molar-refractivity contribution >= 4 is 11.2 Å². The maximum Gasteiger partial charge on any atom is 0.332 e. The monoisotopic (exact) mass is 401 g/mol. The third-order valence-electron chi connectivity index (χ3n) is 5.42. The highest BCUT2D eigenvalue weighted by molar-refractivity contribution is 5.75. The first-order valence-corrected chi connectivity index (χ1v) is 9.75. The van der Waals surface area contributed by atoms with Gasteiger partial charge in [0, 0.05) is 19.8 Å². The summed E-state index contributed by atoms with van der Waals surface area (Å²) >= 11 is 0. The summed E-state index contributed by atoms with van der Waals surface area (Å²) in [5.74, 6) is 0.895. The molecule has 0 amide bonds. The van der Waals surface area contributed by atoms with Gasteiger partial charge in [0.15, 0.2) is 5.65 Å². The largest absolute Gasteiger partial charge is 0.332 e. The first kappa shape index (κ1) is 18.1. The molecule has 4 aromatic rings. The lowest BCUT2D eigenvalue weighted by Gasteiger charge is -2.06. The Kier molecular flexibility index (Phi) is 4.13. The second-order valence-corrected chi connectivity index (χ2v) is 7.72. The fourth-order valence-corrected chi connectivity index (χ4v) is 3.60. The minimum Gasteiger partial charge on any atom is -0.332 e. The van der Waals surface area contributed by atoms with Gasteiger partial charge in [-0.25, -0.2) is 9.78 Å². The Morgan fingerprint density at radius 2 is 2.13 bits per heavy atom. The molecule has 0 unspecified atom stereocenters. The van der Waals surface area contributed by atoms with Crippen molar-refractivity contribution < 1.29 is 0 Å². The van der Waals surface area contributed by atoms with Gasteiger partial charge in [0.1, 0.15) is 11.3 Å². The predicted molar refractivity (Wildman–Crippen MR) is 110 cm³/mol.